The maximum Gasteiger partial charge on any atom is 0.0477 e. The Morgan fingerprint density at radius 3 is 2.72 bits per heavy atom. The maximum atomic E-state index is 3.57. The maximum absolute atomic E-state index is 3.57. The summed E-state index contributed by atoms with van der Waals surface area (Å²) < 4.78 is 0. The Labute approximate surface area is 110 Å². The van der Waals surface area contributed by atoms with Gasteiger partial charge in [0.05, 0.1) is 0 Å². The van der Waals surface area contributed by atoms with Crippen LogP contribution in [0.5, 0.6) is 0 Å². The molecule has 2 aliphatic heterocycles. The molecule has 0 aromatic heterocycles. The van der Waals surface area contributed by atoms with Gasteiger partial charge in [0.15, 0.2) is 0 Å². The highest BCUT2D eigenvalue weighted by atomic mass is 15.3. The number of fused-ring (bicyclic) bond motifs is 1. The number of hydrogen-bond acceptors (Lipinski definition) is 3. The second-order valence-corrected chi connectivity index (χ2v) is 5.69. The largest absolute Gasteiger partial charge is 0.311 e. The third-order valence-electron chi connectivity index (χ3n) is 4.29. The molecule has 18 heavy (non-hydrogen) atoms. The van der Waals surface area contributed by atoms with Crippen LogP contribution < -0.4 is 5.32 Å². The highest BCUT2D eigenvalue weighted by Crippen LogP contribution is 2.28. The average Bonchev–Trinajstić information content (AvgIpc) is 2.38. The van der Waals surface area contributed by atoms with E-state index in [1.165, 1.54) is 37.3 Å². The lowest BCUT2D eigenvalue weighted by Crippen LogP contribution is -2.49. The van der Waals surface area contributed by atoms with Crippen molar-refractivity contribution in [3.05, 3.63) is 34.9 Å². The number of rotatable bonds is 1. The predicted octanol–water partition coefficient (Wildman–Crippen LogP) is 1.39. The van der Waals surface area contributed by atoms with Crippen molar-refractivity contribution in [1.29, 1.82) is 0 Å². The summed E-state index contributed by atoms with van der Waals surface area (Å²) in [5.74, 6) is 0. The van der Waals surface area contributed by atoms with Crippen LogP contribution in [-0.4, -0.2) is 49.6 Å². The molecule has 1 saturated heterocycles. The molecule has 0 radical (unpaired) electrons. The van der Waals surface area contributed by atoms with Crippen LogP contribution in [0.2, 0.25) is 0 Å². The van der Waals surface area contributed by atoms with E-state index in [1.54, 1.807) is 5.56 Å². The molecule has 1 unspecified atom stereocenters. The molecule has 0 amide bonds. The first kappa shape index (κ1) is 12.2. The Morgan fingerprint density at radius 1 is 1.17 bits per heavy atom. The van der Waals surface area contributed by atoms with Gasteiger partial charge in [-0.25, -0.2) is 0 Å². The van der Waals surface area contributed by atoms with Gasteiger partial charge in [0.1, 0.15) is 0 Å². The summed E-state index contributed by atoms with van der Waals surface area (Å²) >= 11 is 0. The zero-order valence-corrected chi connectivity index (χ0v) is 11.4. The predicted molar refractivity (Wildman–Crippen MR) is 74.7 cm³/mol. The van der Waals surface area contributed by atoms with Gasteiger partial charge in [-0.2, -0.15) is 0 Å². The van der Waals surface area contributed by atoms with E-state index in [0.717, 1.165) is 13.1 Å². The first-order valence-corrected chi connectivity index (χ1v) is 6.97. The van der Waals surface area contributed by atoms with E-state index in [0.29, 0.717) is 6.04 Å². The molecule has 0 aliphatic carbocycles. The van der Waals surface area contributed by atoms with E-state index >= 15 is 0 Å². The molecule has 0 spiro atoms. The van der Waals surface area contributed by atoms with Crippen molar-refractivity contribution in [3.8, 4) is 0 Å². The Bertz CT molecular complexity index is 422. The van der Waals surface area contributed by atoms with Gasteiger partial charge in [0, 0.05) is 45.3 Å². The highest BCUT2D eigenvalue weighted by Gasteiger charge is 2.27. The van der Waals surface area contributed by atoms with Crippen LogP contribution >= 0.6 is 0 Å². The van der Waals surface area contributed by atoms with Gasteiger partial charge < -0.3 is 10.2 Å². The van der Waals surface area contributed by atoms with Gasteiger partial charge in [-0.05, 0) is 25.1 Å². The molecule has 2 heterocycles. The molecule has 1 fully saturated rings. The van der Waals surface area contributed by atoms with Crippen molar-refractivity contribution >= 4 is 0 Å². The van der Waals surface area contributed by atoms with Gasteiger partial charge in [0.2, 0.25) is 0 Å². The lowest BCUT2D eigenvalue weighted by atomic mass is 9.93. The summed E-state index contributed by atoms with van der Waals surface area (Å²) in [6.45, 7) is 9.07. The molecule has 1 atom stereocenters. The van der Waals surface area contributed by atoms with E-state index in [4.69, 9.17) is 0 Å². The summed E-state index contributed by atoms with van der Waals surface area (Å²) in [7, 11) is 2.22. The van der Waals surface area contributed by atoms with Gasteiger partial charge in [-0.3, -0.25) is 4.90 Å². The van der Waals surface area contributed by atoms with Crippen LogP contribution in [0.25, 0.3) is 0 Å². The van der Waals surface area contributed by atoms with Crippen LogP contribution in [-0.2, 0) is 6.54 Å². The highest BCUT2D eigenvalue weighted by molar-refractivity contribution is 5.35. The van der Waals surface area contributed by atoms with Crippen molar-refractivity contribution in [1.82, 2.24) is 15.1 Å². The number of nitrogens with zero attached hydrogens (tertiary/aromatic N) is 2. The fourth-order valence-corrected chi connectivity index (χ4v) is 3.13. The topological polar surface area (TPSA) is 18.5 Å². The SMILES string of the molecule is Cc1ccc2c(c1)CNCC2N1CCN(C)CC1. The lowest BCUT2D eigenvalue weighted by Gasteiger charge is -2.40. The smallest absolute Gasteiger partial charge is 0.0477 e. The molecule has 3 nitrogen and oxygen atoms in total. The zero-order valence-electron chi connectivity index (χ0n) is 11.4. The van der Waals surface area contributed by atoms with Crippen LogP contribution in [0.3, 0.4) is 0 Å². The van der Waals surface area contributed by atoms with Gasteiger partial charge >= 0.3 is 0 Å². The third-order valence-corrected chi connectivity index (χ3v) is 4.29. The summed E-state index contributed by atoms with van der Waals surface area (Å²) in [4.78, 5) is 5.06. The van der Waals surface area contributed by atoms with Crippen LogP contribution in [0, 0.1) is 6.92 Å². The number of aryl methyl sites for hydroxylation is 1. The molecule has 3 heteroatoms. The molecule has 0 bridgehead atoms. The Balaban J connectivity index is 1.82. The average molecular weight is 245 g/mol. The van der Waals surface area contributed by atoms with Crippen LogP contribution in [0.4, 0.5) is 0 Å². The Hall–Kier alpha value is -0.900. The first-order chi connectivity index (χ1) is 8.74. The van der Waals surface area contributed by atoms with E-state index in [2.05, 4.69) is 47.3 Å². The number of hydrogen-bond donors (Lipinski definition) is 1. The van der Waals surface area contributed by atoms with E-state index in [-0.39, 0.29) is 0 Å². The van der Waals surface area contributed by atoms with Crippen LogP contribution in [0.1, 0.15) is 22.7 Å². The normalized spacial score (nSPS) is 26.0. The van der Waals surface area contributed by atoms with Crippen LogP contribution in [0.15, 0.2) is 18.2 Å². The first-order valence-electron chi connectivity index (χ1n) is 6.97. The monoisotopic (exact) mass is 245 g/mol. The molecule has 98 valence electrons. The van der Waals surface area contributed by atoms with Crippen molar-refractivity contribution in [2.75, 3.05) is 39.8 Å². The minimum atomic E-state index is 0.572. The van der Waals surface area contributed by atoms with E-state index in [1.807, 2.05) is 0 Å². The molecular formula is C15H23N3. The van der Waals surface area contributed by atoms with E-state index in [9.17, 15) is 0 Å². The summed E-state index contributed by atoms with van der Waals surface area (Å²) in [5, 5.41) is 3.57. The molecule has 1 aromatic carbocycles. The Kier molecular flexibility index (Phi) is 3.37. The molecule has 0 saturated carbocycles. The molecule has 1 aromatic rings. The molecular weight excluding hydrogens is 222 g/mol. The third kappa shape index (κ3) is 2.30. The van der Waals surface area contributed by atoms with E-state index < -0.39 is 0 Å². The van der Waals surface area contributed by atoms with Gasteiger partial charge in [-0.15, -0.1) is 0 Å². The summed E-state index contributed by atoms with van der Waals surface area (Å²) in [6, 6.07) is 7.51. The molecule has 2 aliphatic rings. The van der Waals surface area contributed by atoms with Crippen molar-refractivity contribution < 1.29 is 0 Å². The second-order valence-electron chi connectivity index (χ2n) is 5.69. The second kappa shape index (κ2) is 5.00. The van der Waals surface area contributed by atoms with Gasteiger partial charge in [-0.1, -0.05) is 23.8 Å². The minimum Gasteiger partial charge on any atom is -0.311 e. The van der Waals surface area contributed by atoms with Crippen molar-refractivity contribution in [2.45, 2.75) is 19.5 Å². The quantitative estimate of drug-likeness (QED) is 0.806. The summed E-state index contributed by atoms with van der Waals surface area (Å²) in [5.41, 5.74) is 4.41. The molecule has 3 rings (SSSR count). The minimum absolute atomic E-state index is 0.572. The number of likely N-dealkylation sites (N-methyl/N-ethyl adjacent to an activating group) is 1. The fourth-order valence-electron chi connectivity index (χ4n) is 3.13. The summed E-state index contributed by atoms with van der Waals surface area (Å²) in [6.07, 6.45) is 0. The van der Waals surface area contributed by atoms with Gasteiger partial charge in [0.25, 0.3) is 0 Å². The number of benzene rings is 1. The standard InChI is InChI=1S/C15H23N3/c1-12-3-4-14-13(9-12)10-16-11-15(14)18-7-5-17(2)6-8-18/h3-4,9,15-16H,5-8,10-11H2,1-2H3. The van der Waals surface area contributed by atoms with Crippen molar-refractivity contribution in [3.63, 3.8) is 0 Å². The molecule has 1 N–H and O–H groups in total. The number of nitrogens with one attached hydrogen (secondary N) is 1. The van der Waals surface area contributed by atoms with Crippen molar-refractivity contribution in [2.24, 2.45) is 0 Å². The number of piperazine rings is 1. The zero-order chi connectivity index (χ0) is 12.5. The Morgan fingerprint density at radius 2 is 1.94 bits per heavy atom. The fraction of sp³-hybridized carbons (Fsp3) is 0.600. The lowest BCUT2D eigenvalue weighted by molar-refractivity contribution is 0.106.